The van der Waals surface area contributed by atoms with Crippen molar-refractivity contribution in [3.63, 3.8) is 0 Å². The van der Waals surface area contributed by atoms with Crippen molar-refractivity contribution >= 4 is 12.2 Å². The smallest absolute Gasteiger partial charge is 0.234 e. The molecule has 1 fully saturated rings. The lowest BCUT2D eigenvalue weighted by Crippen LogP contribution is -2.41. The summed E-state index contributed by atoms with van der Waals surface area (Å²) in [6.07, 6.45) is 4.29. The minimum atomic E-state index is -0.297. The highest BCUT2D eigenvalue weighted by Gasteiger charge is 2.36. The minimum absolute atomic E-state index is 0.0129. The van der Waals surface area contributed by atoms with Crippen LogP contribution in [0.25, 0.3) is 0 Å². The summed E-state index contributed by atoms with van der Waals surface area (Å²) in [5.41, 5.74) is 0.946. The van der Waals surface area contributed by atoms with Gasteiger partial charge in [-0.1, -0.05) is 13.8 Å². The zero-order chi connectivity index (χ0) is 14.0. The van der Waals surface area contributed by atoms with Gasteiger partial charge in [0.05, 0.1) is 12.0 Å². The molecule has 0 radical (unpaired) electrons. The van der Waals surface area contributed by atoms with Gasteiger partial charge >= 0.3 is 0 Å². The first-order chi connectivity index (χ1) is 9.04. The van der Waals surface area contributed by atoms with E-state index in [1.54, 1.807) is 11.1 Å². The van der Waals surface area contributed by atoms with Crippen LogP contribution in [0, 0.1) is 12.8 Å². The first kappa shape index (κ1) is 13.8. The molecule has 19 heavy (non-hydrogen) atoms. The SMILES string of the molecule is Cc1cnc(C(C(=O)N2CCCC2C=O)C(C)C)[nH]1. The molecule has 1 saturated heterocycles. The predicted octanol–water partition coefficient (Wildman–Crippen LogP) is 1.65. The van der Waals surface area contributed by atoms with Crippen molar-refractivity contribution in [2.45, 2.75) is 45.6 Å². The number of carbonyl (C=O) groups excluding carboxylic acids is 2. The molecule has 1 aliphatic rings. The van der Waals surface area contributed by atoms with E-state index in [9.17, 15) is 9.59 Å². The molecule has 1 N–H and O–H groups in total. The van der Waals surface area contributed by atoms with E-state index in [1.807, 2.05) is 20.8 Å². The van der Waals surface area contributed by atoms with E-state index in [1.165, 1.54) is 0 Å². The molecular formula is C14H21N3O2. The highest BCUT2D eigenvalue weighted by molar-refractivity contribution is 5.86. The number of H-pyrrole nitrogens is 1. The summed E-state index contributed by atoms with van der Waals surface area (Å²) in [6.45, 7) is 6.60. The van der Waals surface area contributed by atoms with Crippen LogP contribution in [0.1, 0.15) is 44.1 Å². The van der Waals surface area contributed by atoms with Crippen molar-refractivity contribution < 1.29 is 9.59 Å². The highest BCUT2D eigenvalue weighted by atomic mass is 16.2. The maximum atomic E-state index is 12.7. The Balaban J connectivity index is 2.24. The molecular weight excluding hydrogens is 242 g/mol. The molecule has 5 nitrogen and oxygen atoms in total. The van der Waals surface area contributed by atoms with Crippen LogP contribution >= 0.6 is 0 Å². The second kappa shape index (κ2) is 5.55. The molecule has 0 aliphatic carbocycles. The normalized spacial score (nSPS) is 20.8. The zero-order valence-electron chi connectivity index (χ0n) is 11.7. The second-order valence-corrected chi connectivity index (χ2v) is 5.55. The quantitative estimate of drug-likeness (QED) is 0.840. The van der Waals surface area contributed by atoms with Crippen LogP contribution in [0.4, 0.5) is 0 Å². The Bertz CT molecular complexity index is 467. The summed E-state index contributed by atoms with van der Waals surface area (Å²) in [6, 6.07) is -0.259. The monoisotopic (exact) mass is 263 g/mol. The number of nitrogens with one attached hydrogen (secondary N) is 1. The molecule has 2 atom stereocenters. The molecule has 1 aromatic heterocycles. The van der Waals surface area contributed by atoms with E-state index in [-0.39, 0.29) is 23.8 Å². The fraction of sp³-hybridized carbons (Fsp3) is 0.643. The van der Waals surface area contributed by atoms with Crippen molar-refractivity contribution in [2.24, 2.45) is 5.92 Å². The second-order valence-electron chi connectivity index (χ2n) is 5.55. The minimum Gasteiger partial charge on any atom is -0.345 e. The van der Waals surface area contributed by atoms with Gasteiger partial charge in [-0.05, 0) is 25.7 Å². The molecule has 0 aromatic carbocycles. The average molecular weight is 263 g/mol. The van der Waals surface area contributed by atoms with E-state index < -0.39 is 0 Å². The number of hydrogen-bond donors (Lipinski definition) is 1. The summed E-state index contributed by atoms with van der Waals surface area (Å²) in [7, 11) is 0. The zero-order valence-corrected chi connectivity index (χ0v) is 11.7. The van der Waals surface area contributed by atoms with Crippen molar-refractivity contribution in [2.75, 3.05) is 6.54 Å². The molecule has 0 saturated carbocycles. The first-order valence-corrected chi connectivity index (χ1v) is 6.82. The number of nitrogens with zero attached hydrogens (tertiary/aromatic N) is 2. The number of rotatable bonds is 4. The van der Waals surface area contributed by atoms with E-state index in [2.05, 4.69) is 9.97 Å². The fourth-order valence-electron chi connectivity index (χ4n) is 2.70. The number of aromatic nitrogens is 2. The number of hydrogen-bond acceptors (Lipinski definition) is 3. The van der Waals surface area contributed by atoms with Gasteiger partial charge in [-0.2, -0.15) is 0 Å². The van der Waals surface area contributed by atoms with Crippen molar-refractivity contribution in [1.29, 1.82) is 0 Å². The number of likely N-dealkylation sites (tertiary alicyclic amines) is 1. The lowest BCUT2D eigenvalue weighted by molar-refractivity contribution is -0.137. The number of imidazole rings is 1. The van der Waals surface area contributed by atoms with Crippen molar-refractivity contribution in [3.05, 3.63) is 17.7 Å². The summed E-state index contributed by atoms with van der Waals surface area (Å²) in [4.78, 5) is 32.9. The van der Waals surface area contributed by atoms with Gasteiger partial charge in [0, 0.05) is 18.4 Å². The third-order valence-electron chi connectivity index (χ3n) is 3.69. The molecule has 104 valence electrons. The molecule has 1 aromatic rings. The maximum Gasteiger partial charge on any atom is 0.234 e. The van der Waals surface area contributed by atoms with Gasteiger partial charge in [-0.3, -0.25) is 4.79 Å². The van der Waals surface area contributed by atoms with Gasteiger partial charge in [0.1, 0.15) is 12.1 Å². The third kappa shape index (κ3) is 2.69. The van der Waals surface area contributed by atoms with Crippen LogP contribution in [0.15, 0.2) is 6.20 Å². The molecule has 1 amide bonds. The molecule has 2 heterocycles. The summed E-state index contributed by atoms with van der Waals surface area (Å²) in [5, 5.41) is 0. The van der Waals surface area contributed by atoms with Crippen molar-refractivity contribution in [3.8, 4) is 0 Å². The van der Waals surface area contributed by atoms with Crippen LogP contribution in [-0.4, -0.2) is 39.6 Å². The Hall–Kier alpha value is -1.65. The number of aryl methyl sites for hydroxylation is 1. The Morgan fingerprint density at radius 1 is 1.58 bits per heavy atom. The standard InChI is InChI=1S/C14H21N3O2/c1-9(2)12(13-15-7-10(3)16-13)14(19)17-6-4-5-11(17)8-18/h7-9,11-12H,4-6H2,1-3H3,(H,15,16). The van der Waals surface area contributed by atoms with Crippen LogP contribution in [-0.2, 0) is 9.59 Å². The van der Waals surface area contributed by atoms with Crippen LogP contribution < -0.4 is 0 Å². The van der Waals surface area contributed by atoms with Crippen LogP contribution in [0.2, 0.25) is 0 Å². The van der Waals surface area contributed by atoms with Crippen LogP contribution in [0.5, 0.6) is 0 Å². The summed E-state index contributed by atoms with van der Waals surface area (Å²) in [5.74, 6) is 0.563. The fourth-order valence-corrected chi connectivity index (χ4v) is 2.70. The van der Waals surface area contributed by atoms with Gasteiger partial charge < -0.3 is 14.7 Å². The summed E-state index contributed by atoms with van der Waals surface area (Å²) < 4.78 is 0. The van der Waals surface area contributed by atoms with Gasteiger partial charge in [-0.15, -0.1) is 0 Å². The predicted molar refractivity (Wildman–Crippen MR) is 71.7 cm³/mol. The Labute approximate surface area is 113 Å². The Morgan fingerprint density at radius 3 is 2.84 bits per heavy atom. The van der Waals surface area contributed by atoms with Gasteiger partial charge in [-0.25, -0.2) is 4.98 Å². The molecule has 0 bridgehead atoms. The van der Waals surface area contributed by atoms with Gasteiger partial charge in [0.25, 0.3) is 0 Å². The van der Waals surface area contributed by atoms with E-state index in [4.69, 9.17) is 0 Å². The largest absolute Gasteiger partial charge is 0.345 e. The highest BCUT2D eigenvalue weighted by Crippen LogP contribution is 2.28. The van der Waals surface area contributed by atoms with Crippen molar-refractivity contribution in [1.82, 2.24) is 14.9 Å². The van der Waals surface area contributed by atoms with E-state index in [0.717, 1.165) is 24.8 Å². The topological polar surface area (TPSA) is 66.1 Å². The lowest BCUT2D eigenvalue weighted by Gasteiger charge is -2.27. The third-order valence-corrected chi connectivity index (χ3v) is 3.69. The Morgan fingerprint density at radius 2 is 2.32 bits per heavy atom. The van der Waals surface area contributed by atoms with Gasteiger partial charge in [0.15, 0.2) is 0 Å². The van der Waals surface area contributed by atoms with Crippen LogP contribution in [0.3, 0.4) is 0 Å². The number of aromatic amines is 1. The molecule has 2 rings (SSSR count). The summed E-state index contributed by atoms with van der Waals surface area (Å²) >= 11 is 0. The lowest BCUT2D eigenvalue weighted by atomic mass is 9.93. The number of amides is 1. The van der Waals surface area contributed by atoms with Gasteiger partial charge in [0.2, 0.25) is 5.91 Å². The molecule has 5 heteroatoms. The molecule has 1 aliphatic heterocycles. The molecule has 2 unspecified atom stereocenters. The first-order valence-electron chi connectivity index (χ1n) is 6.82. The average Bonchev–Trinajstić information content (AvgIpc) is 2.97. The Kier molecular flexibility index (Phi) is 4.02. The van der Waals surface area contributed by atoms with E-state index >= 15 is 0 Å². The maximum absolute atomic E-state index is 12.7. The number of carbonyl (C=O) groups is 2. The van der Waals surface area contributed by atoms with E-state index in [0.29, 0.717) is 12.4 Å². The molecule has 0 spiro atoms. The number of aldehydes is 1.